The van der Waals surface area contributed by atoms with E-state index in [-0.39, 0.29) is 36.3 Å². The number of benzene rings is 2. The van der Waals surface area contributed by atoms with E-state index in [1.807, 2.05) is 29.2 Å². The van der Waals surface area contributed by atoms with Crippen LogP contribution in [0.15, 0.2) is 59.8 Å². The summed E-state index contributed by atoms with van der Waals surface area (Å²) in [6.45, 7) is 7.74. The first-order valence-corrected chi connectivity index (χ1v) is 13.6. The third-order valence-electron chi connectivity index (χ3n) is 8.04. The second-order valence-corrected chi connectivity index (χ2v) is 11.8. The number of anilines is 1. The van der Waals surface area contributed by atoms with Crippen LogP contribution in [0.2, 0.25) is 0 Å². The molecule has 2 aromatic rings. The van der Waals surface area contributed by atoms with Crippen molar-refractivity contribution in [1.29, 1.82) is 0 Å². The van der Waals surface area contributed by atoms with Crippen LogP contribution in [0.1, 0.15) is 43.5 Å². The molecule has 1 N–H and O–H groups in total. The number of nitrogens with one attached hydrogen (secondary N) is 1. The zero-order valence-electron chi connectivity index (χ0n) is 23.6. The van der Waals surface area contributed by atoms with E-state index in [1.165, 1.54) is 15.9 Å². The Bertz CT molecular complexity index is 1390. The molecule has 41 heavy (non-hydrogen) atoms. The molecule has 0 aliphatic carbocycles. The van der Waals surface area contributed by atoms with Crippen LogP contribution in [-0.2, 0) is 21.2 Å². The van der Waals surface area contributed by atoms with Crippen molar-refractivity contribution >= 4 is 23.5 Å². The van der Waals surface area contributed by atoms with E-state index < -0.39 is 17.8 Å². The maximum atomic E-state index is 13.6. The number of hydrogen-bond donors (Lipinski definition) is 1. The highest BCUT2D eigenvalue weighted by Crippen LogP contribution is 2.36. The van der Waals surface area contributed by atoms with Crippen molar-refractivity contribution in [1.82, 2.24) is 20.0 Å². The van der Waals surface area contributed by atoms with Crippen LogP contribution in [0.5, 0.6) is 0 Å². The summed E-state index contributed by atoms with van der Waals surface area (Å²) in [5.74, 6) is -0.539. The molecule has 1 saturated heterocycles. The Kier molecular flexibility index (Phi) is 7.25. The summed E-state index contributed by atoms with van der Waals surface area (Å²) < 4.78 is 39.4. The number of carbonyl (C=O) groups excluding carboxylic acids is 3. The first-order valence-electron chi connectivity index (χ1n) is 13.6. The predicted octanol–water partition coefficient (Wildman–Crippen LogP) is 4.14. The third-order valence-corrected chi connectivity index (χ3v) is 8.04. The van der Waals surface area contributed by atoms with E-state index >= 15 is 0 Å². The van der Waals surface area contributed by atoms with Crippen LogP contribution < -0.4 is 10.2 Å². The fourth-order valence-electron chi connectivity index (χ4n) is 5.53. The average molecular weight is 570 g/mol. The molecule has 0 bridgehead atoms. The van der Waals surface area contributed by atoms with E-state index in [4.69, 9.17) is 0 Å². The van der Waals surface area contributed by atoms with Crippen molar-refractivity contribution < 1.29 is 27.6 Å². The minimum absolute atomic E-state index is 0.0437. The quantitative estimate of drug-likeness (QED) is 0.601. The van der Waals surface area contributed by atoms with Gasteiger partial charge in [-0.15, -0.1) is 0 Å². The standard InChI is InChI=1S/C30H34F3N5O3/c1-29(2,3)20-10-8-19(9-11-20)26-25-23(35(4)28(41)34-26)17-38(27(25)40)18-24(39)37-14-12-36(13-15-37)22-7-5-6-21(16-22)30(31,32)33/h5-11,16,26H,12-15,17-18H2,1-4H3,(H,34,41). The number of piperazine rings is 1. The molecule has 4 amide bonds. The molecular formula is C30H34F3N5O3. The minimum Gasteiger partial charge on any atom is -0.368 e. The van der Waals surface area contributed by atoms with Gasteiger partial charge in [0, 0.05) is 38.9 Å². The lowest BCUT2D eigenvalue weighted by Gasteiger charge is -2.37. The number of likely N-dealkylation sites (N-methyl/N-ethyl adjacent to an activating group) is 1. The van der Waals surface area contributed by atoms with Gasteiger partial charge in [-0.1, -0.05) is 51.1 Å². The molecule has 3 heterocycles. The summed E-state index contributed by atoms with van der Waals surface area (Å²) in [6.07, 6.45) is -4.42. The van der Waals surface area contributed by atoms with Crippen LogP contribution in [0.4, 0.5) is 23.7 Å². The Hall–Kier alpha value is -4.02. The highest BCUT2D eigenvalue weighted by atomic mass is 19.4. The van der Waals surface area contributed by atoms with Crippen molar-refractivity contribution in [2.45, 2.75) is 38.4 Å². The van der Waals surface area contributed by atoms with Crippen LogP contribution in [0, 0.1) is 0 Å². The Balaban J connectivity index is 1.25. The molecule has 3 aliphatic rings. The first kappa shape index (κ1) is 28.5. The van der Waals surface area contributed by atoms with Gasteiger partial charge in [-0.25, -0.2) is 4.79 Å². The van der Waals surface area contributed by atoms with Gasteiger partial charge in [0.1, 0.15) is 6.54 Å². The van der Waals surface area contributed by atoms with Crippen molar-refractivity contribution in [3.8, 4) is 0 Å². The summed E-state index contributed by atoms with van der Waals surface area (Å²) in [5.41, 5.74) is 2.66. The normalized spacial score (nSPS) is 20.0. The Morgan fingerprint density at radius 3 is 2.22 bits per heavy atom. The molecule has 218 valence electrons. The van der Waals surface area contributed by atoms with Crippen LogP contribution in [0.3, 0.4) is 0 Å². The fourth-order valence-corrected chi connectivity index (χ4v) is 5.53. The number of nitrogens with zero attached hydrogens (tertiary/aromatic N) is 4. The van der Waals surface area contributed by atoms with Crippen molar-refractivity contribution in [3.63, 3.8) is 0 Å². The number of hydrogen-bond acceptors (Lipinski definition) is 4. The maximum absolute atomic E-state index is 13.6. The van der Waals surface area contributed by atoms with Crippen molar-refractivity contribution in [2.24, 2.45) is 0 Å². The highest BCUT2D eigenvalue weighted by molar-refractivity contribution is 6.03. The molecule has 1 atom stereocenters. The van der Waals surface area contributed by atoms with E-state index in [2.05, 4.69) is 26.1 Å². The van der Waals surface area contributed by atoms with Gasteiger partial charge >= 0.3 is 12.2 Å². The molecule has 2 aromatic carbocycles. The summed E-state index contributed by atoms with van der Waals surface area (Å²) in [7, 11) is 1.61. The van der Waals surface area contributed by atoms with Crippen molar-refractivity contribution in [2.75, 3.05) is 51.2 Å². The molecule has 0 radical (unpaired) electrons. The zero-order valence-corrected chi connectivity index (χ0v) is 23.6. The number of amides is 4. The number of rotatable bonds is 4. The van der Waals surface area contributed by atoms with Gasteiger partial charge < -0.3 is 20.0 Å². The molecule has 8 nitrogen and oxygen atoms in total. The molecule has 0 spiro atoms. The number of urea groups is 1. The van der Waals surface area contributed by atoms with E-state index in [9.17, 15) is 27.6 Å². The SMILES string of the molecule is CN1C(=O)NC(c2ccc(C(C)(C)C)cc2)C2=C1CN(CC(=O)N1CCN(c3cccc(C(F)(F)F)c3)CC1)C2=O. The highest BCUT2D eigenvalue weighted by Gasteiger charge is 2.43. The number of carbonyl (C=O) groups is 3. The summed E-state index contributed by atoms with van der Waals surface area (Å²) in [5, 5.41) is 2.92. The van der Waals surface area contributed by atoms with Gasteiger partial charge in [-0.05, 0) is 34.7 Å². The average Bonchev–Trinajstić information content (AvgIpc) is 3.26. The van der Waals surface area contributed by atoms with Gasteiger partial charge in [0.05, 0.1) is 29.4 Å². The second-order valence-electron chi connectivity index (χ2n) is 11.8. The first-order chi connectivity index (χ1) is 19.2. The monoisotopic (exact) mass is 569 g/mol. The molecule has 5 rings (SSSR count). The Labute approximate surface area is 237 Å². The third kappa shape index (κ3) is 5.62. The number of halogens is 3. The number of alkyl halides is 3. The fraction of sp³-hybridized carbons (Fsp3) is 0.433. The lowest BCUT2D eigenvalue weighted by atomic mass is 9.85. The summed E-state index contributed by atoms with van der Waals surface area (Å²) in [4.78, 5) is 45.9. The topological polar surface area (TPSA) is 76.2 Å². The Morgan fingerprint density at radius 2 is 1.61 bits per heavy atom. The maximum Gasteiger partial charge on any atom is 0.416 e. The second kappa shape index (κ2) is 10.4. The smallest absolute Gasteiger partial charge is 0.368 e. The van der Waals surface area contributed by atoms with Crippen LogP contribution in [-0.4, -0.2) is 78.9 Å². The zero-order chi connectivity index (χ0) is 29.7. The van der Waals surface area contributed by atoms with Gasteiger partial charge in [0.2, 0.25) is 5.91 Å². The van der Waals surface area contributed by atoms with Crippen molar-refractivity contribution in [3.05, 3.63) is 76.5 Å². The van der Waals surface area contributed by atoms with Crippen LogP contribution >= 0.6 is 0 Å². The molecule has 0 saturated carbocycles. The molecule has 3 aliphatic heterocycles. The van der Waals surface area contributed by atoms with E-state index in [0.29, 0.717) is 43.1 Å². The molecular weight excluding hydrogens is 535 g/mol. The minimum atomic E-state index is -4.42. The van der Waals surface area contributed by atoms with Gasteiger partial charge in [-0.2, -0.15) is 13.2 Å². The molecule has 1 unspecified atom stereocenters. The lowest BCUT2D eigenvalue weighted by Crippen LogP contribution is -2.51. The van der Waals surface area contributed by atoms with E-state index in [0.717, 1.165) is 23.3 Å². The van der Waals surface area contributed by atoms with Gasteiger partial charge in [0.25, 0.3) is 5.91 Å². The Morgan fingerprint density at radius 1 is 0.951 bits per heavy atom. The van der Waals surface area contributed by atoms with Gasteiger partial charge in [0.15, 0.2) is 0 Å². The largest absolute Gasteiger partial charge is 0.416 e. The summed E-state index contributed by atoms with van der Waals surface area (Å²) >= 11 is 0. The predicted molar refractivity (Wildman–Crippen MR) is 148 cm³/mol. The van der Waals surface area contributed by atoms with Gasteiger partial charge in [-0.3, -0.25) is 14.5 Å². The van der Waals surface area contributed by atoms with Crippen LogP contribution in [0.25, 0.3) is 0 Å². The van der Waals surface area contributed by atoms with E-state index in [1.54, 1.807) is 18.0 Å². The molecule has 0 aromatic heterocycles. The lowest BCUT2D eigenvalue weighted by molar-refractivity contribution is -0.137. The summed E-state index contributed by atoms with van der Waals surface area (Å²) in [6, 6.07) is 12.1. The molecule has 11 heteroatoms. The molecule has 1 fully saturated rings.